The largest absolute Gasteiger partial charge is 0.393 e. The van der Waals surface area contributed by atoms with Crippen LogP contribution >= 0.6 is 0 Å². The number of aliphatic hydroxyl groups is 1. The van der Waals surface area contributed by atoms with Crippen molar-refractivity contribution in [2.45, 2.75) is 31.9 Å². The number of hydrogen-bond acceptors (Lipinski definition) is 4. The van der Waals surface area contributed by atoms with Crippen LogP contribution in [0.5, 0.6) is 0 Å². The Bertz CT molecular complexity index is 543. The van der Waals surface area contributed by atoms with Gasteiger partial charge in [0.1, 0.15) is 5.82 Å². The molecule has 1 saturated heterocycles. The Labute approximate surface area is 137 Å². The van der Waals surface area contributed by atoms with Gasteiger partial charge >= 0.3 is 0 Å². The van der Waals surface area contributed by atoms with Crippen LogP contribution in [0.1, 0.15) is 31.4 Å². The fourth-order valence-corrected chi connectivity index (χ4v) is 2.78. The van der Waals surface area contributed by atoms with E-state index in [2.05, 4.69) is 10.2 Å². The second kappa shape index (κ2) is 7.75. The molecule has 0 aromatic heterocycles. The molecular weight excluding hydrogens is 297 g/mol. The molecule has 1 atom stereocenters. The highest BCUT2D eigenvalue weighted by Crippen LogP contribution is 2.29. The van der Waals surface area contributed by atoms with E-state index < -0.39 is 0 Å². The highest BCUT2D eigenvalue weighted by molar-refractivity contribution is 5.77. The number of carbonyl (C=O) groups excluding carboxylic acids is 1. The minimum Gasteiger partial charge on any atom is -0.393 e. The Kier molecular flexibility index (Phi) is 5.96. The number of halogens is 1. The summed E-state index contributed by atoms with van der Waals surface area (Å²) in [6, 6.07) is 4.63. The summed E-state index contributed by atoms with van der Waals surface area (Å²) in [7, 11) is 3.42. The van der Waals surface area contributed by atoms with Gasteiger partial charge in [0.05, 0.1) is 12.6 Å². The molecular formula is C17H26FN3O2. The molecule has 0 radical (unpaired) electrons. The van der Waals surface area contributed by atoms with Crippen molar-refractivity contribution < 1.29 is 14.3 Å². The summed E-state index contributed by atoms with van der Waals surface area (Å²) in [5.74, 6) is -0.302. The van der Waals surface area contributed by atoms with Crippen LogP contribution in [0.2, 0.25) is 0 Å². The van der Waals surface area contributed by atoms with Gasteiger partial charge in [-0.2, -0.15) is 0 Å². The van der Waals surface area contributed by atoms with Crippen LogP contribution in [-0.4, -0.2) is 55.7 Å². The molecule has 1 unspecified atom stereocenters. The smallest absolute Gasteiger partial charge is 0.236 e. The number of piperidine rings is 1. The van der Waals surface area contributed by atoms with Crippen LogP contribution in [0.3, 0.4) is 0 Å². The van der Waals surface area contributed by atoms with Gasteiger partial charge < -0.3 is 20.2 Å². The van der Waals surface area contributed by atoms with Crippen molar-refractivity contribution in [3.8, 4) is 0 Å². The van der Waals surface area contributed by atoms with Crippen LogP contribution < -0.4 is 10.2 Å². The van der Waals surface area contributed by atoms with E-state index in [1.54, 1.807) is 20.2 Å². The normalized spacial score (nSPS) is 17.2. The molecule has 128 valence electrons. The molecule has 1 aliphatic rings. The predicted molar refractivity (Wildman–Crippen MR) is 89.0 cm³/mol. The van der Waals surface area contributed by atoms with Crippen molar-refractivity contribution in [3.05, 3.63) is 29.6 Å². The fourth-order valence-electron chi connectivity index (χ4n) is 2.78. The molecule has 0 aliphatic carbocycles. The number of anilines is 1. The fraction of sp³-hybridized carbons (Fsp3) is 0.588. The summed E-state index contributed by atoms with van der Waals surface area (Å²) < 4.78 is 13.7. The maximum absolute atomic E-state index is 13.7. The number of benzene rings is 1. The van der Waals surface area contributed by atoms with E-state index in [0.717, 1.165) is 37.2 Å². The van der Waals surface area contributed by atoms with Gasteiger partial charge in [-0.25, -0.2) is 4.39 Å². The Morgan fingerprint density at radius 1 is 1.43 bits per heavy atom. The van der Waals surface area contributed by atoms with Gasteiger partial charge in [-0.3, -0.25) is 4.79 Å². The Balaban J connectivity index is 2.13. The summed E-state index contributed by atoms with van der Waals surface area (Å²) in [6.45, 7) is 3.65. The average molecular weight is 323 g/mol. The Morgan fingerprint density at radius 2 is 2.09 bits per heavy atom. The summed E-state index contributed by atoms with van der Waals surface area (Å²) in [4.78, 5) is 15.4. The third-order valence-corrected chi connectivity index (χ3v) is 4.32. The molecule has 1 aromatic rings. The molecule has 6 heteroatoms. The topological polar surface area (TPSA) is 55.8 Å². The molecule has 1 aliphatic heterocycles. The average Bonchev–Trinajstić information content (AvgIpc) is 2.53. The van der Waals surface area contributed by atoms with Crippen LogP contribution in [0, 0.1) is 5.82 Å². The molecule has 0 saturated carbocycles. The van der Waals surface area contributed by atoms with Crippen LogP contribution in [0.15, 0.2) is 18.2 Å². The zero-order chi connectivity index (χ0) is 17.0. The van der Waals surface area contributed by atoms with E-state index >= 15 is 0 Å². The van der Waals surface area contributed by atoms with E-state index in [0.29, 0.717) is 0 Å². The van der Waals surface area contributed by atoms with Crippen molar-refractivity contribution in [1.82, 2.24) is 10.2 Å². The molecule has 1 amide bonds. The summed E-state index contributed by atoms with van der Waals surface area (Å²) in [6.07, 6.45) is 1.19. The third-order valence-electron chi connectivity index (χ3n) is 4.32. The number of hydrogen-bond donors (Lipinski definition) is 2. The lowest BCUT2D eigenvalue weighted by atomic mass is 10.0. The van der Waals surface area contributed by atoms with Gasteiger partial charge in [0.2, 0.25) is 5.91 Å². The monoisotopic (exact) mass is 323 g/mol. The van der Waals surface area contributed by atoms with Gasteiger partial charge in [-0.15, -0.1) is 0 Å². The zero-order valence-electron chi connectivity index (χ0n) is 14.1. The zero-order valence-corrected chi connectivity index (χ0v) is 14.1. The maximum Gasteiger partial charge on any atom is 0.236 e. The highest BCUT2D eigenvalue weighted by atomic mass is 19.1. The first-order chi connectivity index (χ1) is 10.9. The minimum absolute atomic E-state index is 0.0177. The van der Waals surface area contributed by atoms with Crippen LogP contribution in [-0.2, 0) is 4.79 Å². The van der Waals surface area contributed by atoms with E-state index in [9.17, 15) is 14.3 Å². The Hall–Kier alpha value is -1.66. The van der Waals surface area contributed by atoms with Gasteiger partial charge in [0, 0.05) is 38.9 Å². The van der Waals surface area contributed by atoms with Gasteiger partial charge in [0.15, 0.2) is 0 Å². The molecule has 1 heterocycles. The van der Waals surface area contributed by atoms with E-state index in [-0.39, 0.29) is 30.4 Å². The van der Waals surface area contributed by atoms with Crippen molar-refractivity contribution in [2.75, 3.05) is 38.6 Å². The summed E-state index contributed by atoms with van der Waals surface area (Å²) in [5.41, 5.74) is 1.81. The first kappa shape index (κ1) is 17.7. The first-order valence-corrected chi connectivity index (χ1v) is 8.04. The predicted octanol–water partition coefficient (Wildman–Crippen LogP) is 1.53. The van der Waals surface area contributed by atoms with Crippen LogP contribution in [0.4, 0.5) is 10.1 Å². The number of nitrogens with zero attached hydrogens (tertiary/aromatic N) is 2. The maximum atomic E-state index is 13.7. The Morgan fingerprint density at radius 3 is 2.70 bits per heavy atom. The molecule has 2 rings (SSSR count). The molecule has 23 heavy (non-hydrogen) atoms. The van der Waals surface area contributed by atoms with Gasteiger partial charge in [0.25, 0.3) is 0 Å². The number of nitrogens with one attached hydrogen (secondary N) is 1. The number of rotatable bonds is 5. The van der Waals surface area contributed by atoms with E-state index in [4.69, 9.17) is 0 Å². The second-order valence-corrected chi connectivity index (χ2v) is 6.31. The van der Waals surface area contributed by atoms with E-state index in [1.165, 1.54) is 17.0 Å². The van der Waals surface area contributed by atoms with Crippen molar-refractivity contribution >= 4 is 11.6 Å². The summed E-state index contributed by atoms with van der Waals surface area (Å²) in [5, 5.41) is 12.8. The van der Waals surface area contributed by atoms with E-state index in [1.807, 2.05) is 6.92 Å². The number of carbonyl (C=O) groups is 1. The first-order valence-electron chi connectivity index (χ1n) is 8.04. The van der Waals surface area contributed by atoms with Crippen molar-refractivity contribution in [2.24, 2.45) is 0 Å². The summed E-state index contributed by atoms with van der Waals surface area (Å²) >= 11 is 0. The molecule has 1 fully saturated rings. The quantitative estimate of drug-likeness (QED) is 0.863. The molecule has 1 aromatic carbocycles. The van der Waals surface area contributed by atoms with Crippen LogP contribution in [0.25, 0.3) is 0 Å². The molecule has 5 nitrogen and oxygen atoms in total. The number of amides is 1. The lowest BCUT2D eigenvalue weighted by Crippen LogP contribution is -2.38. The SMILES string of the molecule is CC(NCC(=O)N(C)C)c1cc(F)ccc1N1CCC(O)CC1. The highest BCUT2D eigenvalue weighted by Gasteiger charge is 2.22. The third kappa shape index (κ3) is 4.65. The molecule has 2 N–H and O–H groups in total. The van der Waals surface area contributed by atoms with Crippen molar-refractivity contribution in [3.63, 3.8) is 0 Å². The van der Waals surface area contributed by atoms with Gasteiger partial charge in [-0.1, -0.05) is 0 Å². The standard InChI is InChI=1S/C17H26FN3O2/c1-12(19-11-17(23)20(2)3)15-10-13(18)4-5-16(15)21-8-6-14(22)7-9-21/h4-5,10,12,14,19,22H,6-9,11H2,1-3H3. The lowest BCUT2D eigenvalue weighted by molar-refractivity contribution is -0.127. The number of likely N-dealkylation sites (N-methyl/N-ethyl adjacent to an activating group) is 1. The van der Waals surface area contributed by atoms with Crippen molar-refractivity contribution in [1.29, 1.82) is 0 Å². The lowest BCUT2D eigenvalue weighted by Gasteiger charge is -2.34. The second-order valence-electron chi connectivity index (χ2n) is 6.31. The molecule has 0 bridgehead atoms. The minimum atomic E-state index is -0.284. The van der Waals surface area contributed by atoms with Gasteiger partial charge in [-0.05, 0) is 43.5 Å². The number of aliphatic hydroxyl groups excluding tert-OH is 1. The molecule has 0 spiro atoms.